The van der Waals surface area contributed by atoms with Crippen LogP contribution in [-0.2, 0) is 0 Å². The van der Waals surface area contributed by atoms with E-state index in [0.717, 1.165) is 45.3 Å². The Kier molecular flexibility index (Phi) is 6.42. The normalized spacial score (nSPS) is 11.0. The largest absolute Gasteiger partial charge is 0.457 e. The van der Waals surface area contributed by atoms with Crippen LogP contribution in [0, 0.1) is 0 Å². The maximum absolute atomic E-state index is 6.22. The number of anilines is 2. The molecule has 0 aromatic heterocycles. The van der Waals surface area contributed by atoms with Crippen LogP contribution < -0.4 is 20.9 Å². The predicted octanol–water partition coefficient (Wildman–Crippen LogP) is 10.1. The Morgan fingerprint density at radius 2 is 0.952 bits per heavy atom. The van der Waals surface area contributed by atoms with E-state index in [0.29, 0.717) is 11.4 Å². The van der Waals surface area contributed by atoms with E-state index in [9.17, 15) is 0 Å². The Bertz CT molecular complexity index is 2030. The summed E-state index contributed by atoms with van der Waals surface area (Å²) in [5, 5.41) is 4.77. The van der Waals surface area contributed by atoms with Crippen molar-refractivity contribution in [3.8, 4) is 45.3 Å². The van der Waals surface area contributed by atoms with E-state index < -0.39 is 0 Å². The standard InChI is InChI=1S/C38H28N2O2/c39-30-11-17-33(18-12-30)41-32-15-8-25(9-16-32)36-21-10-28-22-26-4-1-2-5-27(26)24-37(28)38(36)29-6-3-7-35(23-29)42-34-19-13-31(40)14-20-34/h1-24H,39-40H2. The van der Waals surface area contributed by atoms with E-state index in [1.54, 1.807) is 0 Å². The summed E-state index contributed by atoms with van der Waals surface area (Å²) in [7, 11) is 0. The summed E-state index contributed by atoms with van der Waals surface area (Å²) in [6, 6.07) is 48.7. The third kappa shape index (κ3) is 5.09. The van der Waals surface area contributed by atoms with E-state index in [1.807, 2.05) is 72.8 Å². The molecule has 0 atom stereocenters. The highest BCUT2D eigenvalue weighted by Crippen LogP contribution is 2.41. The van der Waals surface area contributed by atoms with Gasteiger partial charge >= 0.3 is 0 Å². The van der Waals surface area contributed by atoms with Gasteiger partial charge in [0.25, 0.3) is 0 Å². The zero-order chi connectivity index (χ0) is 28.5. The number of nitrogens with two attached hydrogens (primary N) is 2. The average molecular weight is 545 g/mol. The summed E-state index contributed by atoms with van der Waals surface area (Å²) in [6.07, 6.45) is 0. The molecule has 4 N–H and O–H groups in total. The van der Waals surface area contributed by atoms with Gasteiger partial charge in [-0.1, -0.05) is 60.7 Å². The Hall–Kier alpha value is -5.74. The lowest BCUT2D eigenvalue weighted by Crippen LogP contribution is -1.91. The second-order valence-electron chi connectivity index (χ2n) is 10.3. The molecule has 7 aromatic rings. The number of hydrogen-bond donors (Lipinski definition) is 2. The summed E-state index contributed by atoms with van der Waals surface area (Å²) in [5.74, 6) is 3.00. The highest BCUT2D eigenvalue weighted by Gasteiger charge is 2.14. The first-order valence-electron chi connectivity index (χ1n) is 13.8. The molecule has 42 heavy (non-hydrogen) atoms. The van der Waals surface area contributed by atoms with Gasteiger partial charge in [0.05, 0.1) is 0 Å². The Balaban J connectivity index is 1.34. The molecule has 0 fully saturated rings. The molecule has 4 heteroatoms. The molecule has 0 unspecified atom stereocenters. The summed E-state index contributed by atoms with van der Waals surface area (Å²) < 4.78 is 12.3. The van der Waals surface area contributed by atoms with Crippen LogP contribution in [0.3, 0.4) is 0 Å². The maximum Gasteiger partial charge on any atom is 0.128 e. The van der Waals surface area contributed by atoms with Gasteiger partial charge in [0.15, 0.2) is 0 Å². The molecular formula is C38H28N2O2. The average Bonchev–Trinajstić information content (AvgIpc) is 3.02. The minimum Gasteiger partial charge on any atom is -0.457 e. The van der Waals surface area contributed by atoms with Gasteiger partial charge in [-0.25, -0.2) is 0 Å². The minimum absolute atomic E-state index is 0.702. The highest BCUT2D eigenvalue weighted by molar-refractivity contribution is 6.09. The van der Waals surface area contributed by atoms with Crippen molar-refractivity contribution in [1.29, 1.82) is 0 Å². The number of fused-ring (bicyclic) bond motifs is 2. The lowest BCUT2D eigenvalue weighted by Gasteiger charge is -2.17. The van der Waals surface area contributed by atoms with Gasteiger partial charge in [-0.2, -0.15) is 0 Å². The monoisotopic (exact) mass is 544 g/mol. The van der Waals surface area contributed by atoms with E-state index in [4.69, 9.17) is 20.9 Å². The van der Waals surface area contributed by atoms with E-state index in [2.05, 4.69) is 72.8 Å². The first kappa shape index (κ1) is 25.2. The van der Waals surface area contributed by atoms with Crippen molar-refractivity contribution in [2.75, 3.05) is 11.5 Å². The van der Waals surface area contributed by atoms with Crippen molar-refractivity contribution in [1.82, 2.24) is 0 Å². The number of ether oxygens (including phenoxy) is 2. The van der Waals surface area contributed by atoms with Crippen LogP contribution >= 0.6 is 0 Å². The molecule has 0 spiro atoms. The summed E-state index contributed by atoms with van der Waals surface area (Å²) in [6.45, 7) is 0. The summed E-state index contributed by atoms with van der Waals surface area (Å²) in [5.41, 5.74) is 17.5. The van der Waals surface area contributed by atoms with Gasteiger partial charge in [0, 0.05) is 11.4 Å². The molecule has 4 nitrogen and oxygen atoms in total. The lowest BCUT2D eigenvalue weighted by atomic mass is 9.88. The number of benzene rings is 7. The van der Waals surface area contributed by atoms with Gasteiger partial charge < -0.3 is 20.9 Å². The number of rotatable bonds is 6. The van der Waals surface area contributed by atoms with Crippen LogP contribution in [0.4, 0.5) is 11.4 Å². The molecule has 202 valence electrons. The van der Waals surface area contributed by atoms with Crippen molar-refractivity contribution in [2.24, 2.45) is 0 Å². The molecule has 0 bridgehead atoms. The first-order chi connectivity index (χ1) is 20.6. The molecule has 0 aliphatic carbocycles. The van der Waals surface area contributed by atoms with Gasteiger partial charge in [0.2, 0.25) is 0 Å². The summed E-state index contributed by atoms with van der Waals surface area (Å²) >= 11 is 0. The molecule has 0 aliphatic rings. The topological polar surface area (TPSA) is 70.5 Å². The fourth-order valence-electron chi connectivity index (χ4n) is 5.33. The Morgan fingerprint density at radius 3 is 1.60 bits per heavy atom. The van der Waals surface area contributed by atoms with Crippen LogP contribution in [0.25, 0.3) is 43.8 Å². The van der Waals surface area contributed by atoms with Gasteiger partial charge in [-0.15, -0.1) is 0 Å². The molecule has 0 saturated carbocycles. The van der Waals surface area contributed by atoms with Gasteiger partial charge in [0.1, 0.15) is 23.0 Å². The smallest absolute Gasteiger partial charge is 0.128 e. The van der Waals surface area contributed by atoms with Crippen molar-refractivity contribution in [2.45, 2.75) is 0 Å². The minimum atomic E-state index is 0.702. The summed E-state index contributed by atoms with van der Waals surface area (Å²) in [4.78, 5) is 0. The van der Waals surface area contributed by atoms with Crippen LogP contribution in [-0.4, -0.2) is 0 Å². The van der Waals surface area contributed by atoms with Crippen LogP contribution in [0.5, 0.6) is 23.0 Å². The highest BCUT2D eigenvalue weighted by atomic mass is 16.5. The van der Waals surface area contributed by atoms with Crippen molar-refractivity contribution in [3.63, 3.8) is 0 Å². The number of hydrogen-bond acceptors (Lipinski definition) is 4. The first-order valence-corrected chi connectivity index (χ1v) is 13.8. The SMILES string of the molecule is Nc1ccc(Oc2ccc(-c3ccc4cc5ccccc5cc4c3-c3cccc(Oc4ccc(N)cc4)c3)cc2)cc1. The zero-order valence-electron chi connectivity index (χ0n) is 22.8. The number of nitrogen functional groups attached to an aromatic ring is 2. The van der Waals surface area contributed by atoms with Gasteiger partial charge in [-0.05, 0) is 129 Å². The second-order valence-corrected chi connectivity index (χ2v) is 10.3. The van der Waals surface area contributed by atoms with Crippen molar-refractivity contribution in [3.05, 3.63) is 146 Å². The third-order valence-electron chi connectivity index (χ3n) is 7.41. The van der Waals surface area contributed by atoms with Crippen LogP contribution in [0.1, 0.15) is 0 Å². The second kappa shape index (κ2) is 10.7. The lowest BCUT2D eigenvalue weighted by molar-refractivity contribution is 0.482. The Labute approximate surface area is 244 Å². The van der Waals surface area contributed by atoms with E-state index in [1.165, 1.54) is 21.5 Å². The van der Waals surface area contributed by atoms with Crippen molar-refractivity contribution < 1.29 is 9.47 Å². The fraction of sp³-hybridized carbons (Fsp3) is 0. The molecule has 0 aliphatic heterocycles. The maximum atomic E-state index is 6.22. The Morgan fingerprint density at radius 1 is 0.381 bits per heavy atom. The van der Waals surface area contributed by atoms with Crippen LogP contribution in [0.2, 0.25) is 0 Å². The molecule has 0 saturated heterocycles. The molecule has 7 rings (SSSR count). The van der Waals surface area contributed by atoms with Crippen molar-refractivity contribution >= 4 is 32.9 Å². The van der Waals surface area contributed by atoms with Crippen LogP contribution in [0.15, 0.2) is 146 Å². The van der Waals surface area contributed by atoms with E-state index >= 15 is 0 Å². The third-order valence-corrected chi connectivity index (χ3v) is 7.41. The fourth-order valence-corrected chi connectivity index (χ4v) is 5.33. The van der Waals surface area contributed by atoms with E-state index in [-0.39, 0.29) is 0 Å². The molecule has 7 aromatic carbocycles. The molecular weight excluding hydrogens is 516 g/mol. The quantitative estimate of drug-likeness (QED) is 0.161. The molecule has 0 amide bonds. The zero-order valence-corrected chi connectivity index (χ0v) is 22.8. The molecule has 0 heterocycles. The van der Waals surface area contributed by atoms with Gasteiger partial charge in [-0.3, -0.25) is 0 Å². The predicted molar refractivity (Wildman–Crippen MR) is 174 cm³/mol. The molecule has 0 radical (unpaired) electrons.